The largest absolute Gasteiger partial charge is 0.478 e. The molecule has 0 amide bonds. The molecule has 2 atom stereocenters. The summed E-state index contributed by atoms with van der Waals surface area (Å²) in [5.74, 6) is -0.871. The monoisotopic (exact) mass is 263 g/mol. The van der Waals surface area contributed by atoms with Gasteiger partial charge in [0.15, 0.2) is 0 Å². The quantitative estimate of drug-likeness (QED) is 0.906. The molecule has 19 heavy (non-hydrogen) atoms. The Morgan fingerprint density at radius 3 is 3.00 bits per heavy atom. The molecule has 1 heterocycles. The zero-order valence-corrected chi connectivity index (χ0v) is 11.5. The molecule has 0 spiro atoms. The first-order valence-electron chi connectivity index (χ1n) is 6.78. The lowest BCUT2D eigenvalue weighted by Gasteiger charge is -2.38. The van der Waals surface area contributed by atoms with Crippen molar-refractivity contribution in [2.24, 2.45) is 0 Å². The van der Waals surface area contributed by atoms with Crippen molar-refractivity contribution in [3.63, 3.8) is 0 Å². The molecule has 0 radical (unpaired) electrons. The Morgan fingerprint density at radius 1 is 1.53 bits per heavy atom. The number of ether oxygens (including phenoxy) is 1. The molecule has 2 rings (SSSR count). The molecular formula is C15H21NO3. The van der Waals surface area contributed by atoms with Crippen LogP contribution < -0.4 is 0 Å². The van der Waals surface area contributed by atoms with Gasteiger partial charge in [0, 0.05) is 19.1 Å². The lowest BCUT2D eigenvalue weighted by molar-refractivity contribution is -0.0592. The Labute approximate surface area is 114 Å². The molecule has 4 heteroatoms. The smallest absolute Gasteiger partial charge is 0.335 e. The summed E-state index contributed by atoms with van der Waals surface area (Å²) in [6.45, 7) is 6.68. The van der Waals surface area contributed by atoms with Crippen LogP contribution in [0.25, 0.3) is 0 Å². The van der Waals surface area contributed by atoms with Crippen LogP contribution in [0.2, 0.25) is 0 Å². The van der Waals surface area contributed by atoms with Crippen LogP contribution in [0.3, 0.4) is 0 Å². The minimum atomic E-state index is -0.871. The van der Waals surface area contributed by atoms with Crippen LogP contribution in [0.1, 0.15) is 36.2 Å². The number of aromatic carboxylic acids is 1. The Balaban J connectivity index is 2.10. The molecule has 4 nitrogen and oxygen atoms in total. The molecule has 1 fully saturated rings. The van der Waals surface area contributed by atoms with Gasteiger partial charge in [0.05, 0.1) is 18.3 Å². The normalized spacial score (nSPS) is 24.3. The number of nitrogens with zero attached hydrogens (tertiary/aromatic N) is 1. The predicted molar refractivity (Wildman–Crippen MR) is 73.3 cm³/mol. The van der Waals surface area contributed by atoms with E-state index in [0.717, 1.165) is 31.7 Å². The number of benzene rings is 1. The van der Waals surface area contributed by atoms with Crippen molar-refractivity contribution in [1.82, 2.24) is 4.90 Å². The van der Waals surface area contributed by atoms with E-state index >= 15 is 0 Å². The first-order valence-corrected chi connectivity index (χ1v) is 6.78. The van der Waals surface area contributed by atoms with Crippen LogP contribution in [-0.4, -0.2) is 41.3 Å². The Hall–Kier alpha value is -1.39. The summed E-state index contributed by atoms with van der Waals surface area (Å²) in [7, 11) is 0. The highest BCUT2D eigenvalue weighted by Crippen LogP contribution is 2.18. The summed E-state index contributed by atoms with van der Waals surface area (Å²) in [6, 6.07) is 7.60. The highest BCUT2D eigenvalue weighted by atomic mass is 16.5. The van der Waals surface area contributed by atoms with E-state index < -0.39 is 5.97 Å². The van der Waals surface area contributed by atoms with E-state index in [1.54, 1.807) is 12.1 Å². The number of hydrogen-bond donors (Lipinski definition) is 1. The third kappa shape index (κ3) is 3.55. The predicted octanol–water partition coefficient (Wildman–Crippen LogP) is 2.38. The molecule has 1 aliphatic heterocycles. The molecule has 1 aliphatic rings. The Bertz CT molecular complexity index is 447. The van der Waals surface area contributed by atoms with Crippen LogP contribution in [0.4, 0.5) is 0 Å². The molecule has 104 valence electrons. The number of carboxylic acids is 1. The van der Waals surface area contributed by atoms with Crippen LogP contribution >= 0.6 is 0 Å². The fourth-order valence-electron chi connectivity index (χ4n) is 2.52. The van der Waals surface area contributed by atoms with Crippen molar-refractivity contribution in [3.05, 3.63) is 35.4 Å². The van der Waals surface area contributed by atoms with Crippen molar-refractivity contribution >= 4 is 5.97 Å². The average Bonchev–Trinajstić information content (AvgIpc) is 2.39. The second-order valence-electron chi connectivity index (χ2n) is 5.14. The molecular weight excluding hydrogens is 242 g/mol. The van der Waals surface area contributed by atoms with E-state index in [0.29, 0.717) is 11.6 Å². The Morgan fingerprint density at radius 2 is 2.32 bits per heavy atom. The van der Waals surface area contributed by atoms with E-state index in [1.165, 1.54) is 0 Å². The number of carbonyl (C=O) groups is 1. The molecule has 0 saturated carbocycles. The second kappa shape index (κ2) is 6.17. The molecule has 1 aromatic rings. The summed E-state index contributed by atoms with van der Waals surface area (Å²) in [6.07, 6.45) is 1.29. The highest BCUT2D eigenvalue weighted by molar-refractivity contribution is 5.87. The first kappa shape index (κ1) is 14.0. The van der Waals surface area contributed by atoms with Gasteiger partial charge in [-0.1, -0.05) is 19.1 Å². The maximum atomic E-state index is 11.0. The SMILES string of the molecule is CCC1COC(C)CN1Cc1cccc(C(=O)O)c1. The summed E-state index contributed by atoms with van der Waals surface area (Å²) >= 11 is 0. The van der Waals surface area contributed by atoms with Crippen LogP contribution in [0, 0.1) is 0 Å². The summed E-state index contributed by atoms with van der Waals surface area (Å²) < 4.78 is 5.68. The zero-order valence-electron chi connectivity index (χ0n) is 11.5. The van der Waals surface area contributed by atoms with Crippen molar-refractivity contribution in [1.29, 1.82) is 0 Å². The zero-order chi connectivity index (χ0) is 13.8. The molecule has 2 unspecified atom stereocenters. The number of carboxylic acid groups (broad SMARTS) is 1. The maximum Gasteiger partial charge on any atom is 0.335 e. The van der Waals surface area contributed by atoms with E-state index in [2.05, 4.69) is 18.7 Å². The fraction of sp³-hybridized carbons (Fsp3) is 0.533. The van der Waals surface area contributed by atoms with Gasteiger partial charge in [-0.3, -0.25) is 4.90 Å². The van der Waals surface area contributed by atoms with Crippen LogP contribution in [0.5, 0.6) is 0 Å². The third-order valence-electron chi connectivity index (χ3n) is 3.61. The Kier molecular flexibility index (Phi) is 4.56. The van der Waals surface area contributed by atoms with Crippen molar-refractivity contribution < 1.29 is 14.6 Å². The minimum Gasteiger partial charge on any atom is -0.478 e. The summed E-state index contributed by atoms with van der Waals surface area (Å²) in [4.78, 5) is 13.4. The standard InChI is InChI=1S/C15H21NO3/c1-3-14-10-19-11(2)8-16(14)9-12-5-4-6-13(7-12)15(17)18/h4-7,11,14H,3,8-10H2,1-2H3,(H,17,18). The lowest BCUT2D eigenvalue weighted by atomic mass is 10.1. The van der Waals surface area contributed by atoms with Gasteiger partial charge in [-0.2, -0.15) is 0 Å². The molecule has 1 saturated heterocycles. The molecule has 0 aliphatic carbocycles. The lowest BCUT2D eigenvalue weighted by Crippen LogP contribution is -2.47. The highest BCUT2D eigenvalue weighted by Gasteiger charge is 2.25. The van der Waals surface area contributed by atoms with E-state index in [-0.39, 0.29) is 6.10 Å². The minimum absolute atomic E-state index is 0.241. The van der Waals surface area contributed by atoms with Gasteiger partial charge in [-0.05, 0) is 31.0 Å². The van der Waals surface area contributed by atoms with Gasteiger partial charge in [-0.25, -0.2) is 4.79 Å². The first-order chi connectivity index (χ1) is 9.10. The number of hydrogen-bond acceptors (Lipinski definition) is 3. The molecule has 1 aromatic carbocycles. The maximum absolute atomic E-state index is 11.0. The van der Waals surface area contributed by atoms with Crippen molar-refractivity contribution in [2.75, 3.05) is 13.2 Å². The van der Waals surface area contributed by atoms with Gasteiger partial charge in [-0.15, -0.1) is 0 Å². The van der Waals surface area contributed by atoms with Crippen molar-refractivity contribution in [2.45, 2.75) is 39.0 Å². The fourth-order valence-corrected chi connectivity index (χ4v) is 2.52. The average molecular weight is 263 g/mol. The number of rotatable bonds is 4. The second-order valence-corrected chi connectivity index (χ2v) is 5.14. The van der Waals surface area contributed by atoms with Gasteiger partial charge in [0.2, 0.25) is 0 Å². The van der Waals surface area contributed by atoms with Crippen molar-refractivity contribution in [3.8, 4) is 0 Å². The van der Waals surface area contributed by atoms with Gasteiger partial charge in [0.25, 0.3) is 0 Å². The molecule has 0 bridgehead atoms. The van der Waals surface area contributed by atoms with Gasteiger partial charge >= 0.3 is 5.97 Å². The van der Waals surface area contributed by atoms with Gasteiger partial charge in [0.1, 0.15) is 0 Å². The third-order valence-corrected chi connectivity index (χ3v) is 3.61. The molecule has 1 N–H and O–H groups in total. The summed E-state index contributed by atoms with van der Waals surface area (Å²) in [5, 5.41) is 9.02. The molecule has 0 aromatic heterocycles. The topological polar surface area (TPSA) is 49.8 Å². The van der Waals surface area contributed by atoms with E-state index in [9.17, 15) is 4.79 Å². The van der Waals surface area contributed by atoms with E-state index in [1.807, 2.05) is 12.1 Å². The van der Waals surface area contributed by atoms with Gasteiger partial charge < -0.3 is 9.84 Å². The number of morpholine rings is 1. The van der Waals surface area contributed by atoms with E-state index in [4.69, 9.17) is 9.84 Å². The van der Waals surface area contributed by atoms with Crippen LogP contribution in [-0.2, 0) is 11.3 Å². The summed E-state index contributed by atoms with van der Waals surface area (Å²) in [5.41, 5.74) is 1.40. The van der Waals surface area contributed by atoms with Crippen LogP contribution in [0.15, 0.2) is 24.3 Å².